The minimum atomic E-state index is -0.837. The van der Waals surface area contributed by atoms with Gasteiger partial charge in [0.2, 0.25) is 0 Å². The lowest BCUT2D eigenvalue weighted by molar-refractivity contribution is -0.150. The highest BCUT2D eigenvalue weighted by atomic mass is 35.5. The number of rotatable bonds is 8. The van der Waals surface area contributed by atoms with Crippen molar-refractivity contribution >= 4 is 41.1 Å². The number of carbonyl (C=O) groups is 3. The summed E-state index contributed by atoms with van der Waals surface area (Å²) >= 11 is 7.51. The number of benzene rings is 1. The van der Waals surface area contributed by atoms with Gasteiger partial charge in [-0.2, -0.15) is 11.8 Å². The van der Waals surface area contributed by atoms with E-state index < -0.39 is 23.8 Å². The van der Waals surface area contributed by atoms with E-state index in [0.29, 0.717) is 17.2 Å². The highest BCUT2D eigenvalue weighted by Crippen LogP contribution is 2.15. The summed E-state index contributed by atoms with van der Waals surface area (Å²) in [5.74, 6) is -0.872. The van der Waals surface area contributed by atoms with E-state index in [0.717, 1.165) is 0 Å². The van der Waals surface area contributed by atoms with Gasteiger partial charge in [-0.1, -0.05) is 23.7 Å². The number of carbonyl (C=O) groups excluding carboxylic acids is 3. The predicted octanol–water partition coefficient (Wildman–Crippen LogP) is 1.48. The third-order valence-corrected chi connectivity index (χ3v) is 3.92. The Bertz CT molecular complexity index is 568. The van der Waals surface area contributed by atoms with Gasteiger partial charge in [-0.15, -0.1) is 0 Å². The molecular formula is C15H19ClN2O4S. The topological polar surface area (TPSA) is 84.5 Å². The summed E-state index contributed by atoms with van der Waals surface area (Å²) in [7, 11) is 1.44. The Balaban J connectivity index is 2.73. The lowest BCUT2D eigenvalue weighted by Gasteiger charge is -2.17. The van der Waals surface area contributed by atoms with Crippen molar-refractivity contribution in [3.8, 4) is 0 Å². The molecule has 0 aliphatic heterocycles. The van der Waals surface area contributed by atoms with Gasteiger partial charge in [0.1, 0.15) is 6.04 Å². The number of hydrogen-bond acceptors (Lipinski definition) is 5. The van der Waals surface area contributed by atoms with Crippen molar-refractivity contribution in [3.05, 3.63) is 34.9 Å². The Morgan fingerprint density at radius 3 is 2.61 bits per heavy atom. The van der Waals surface area contributed by atoms with E-state index in [4.69, 9.17) is 16.3 Å². The van der Waals surface area contributed by atoms with Crippen molar-refractivity contribution in [2.24, 2.45) is 0 Å². The molecule has 1 atom stereocenters. The maximum Gasteiger partial charge on any atom is 0.329 e. The molecule has 0 saturated carbocycles. The maximum atomic E-state index is 12.2. The van der Waals surface area contributed by atoms with Crippen LogP contribution in [0.3, 0.4) is 0 Å². The van der Waals surface area contributed by atoms with Crippen LogP contribution in [0.2, 0.25) is 5.02 Å². The molecule has 1 aromatic carbocycles. The van der Waals surface area contributed by atoms with Crippen LogP contribution in [0.15, 0.2) is 24.3 Å². The fourth-order valence-electron chi connectivity index (χ4n) is 1.68. The van der Waals surface area contributed by atoms with E-state index in [1.807, 2.05) is 6.26 Å². The first-order valence-corrected chi connectivity index (χ1v) is 8.68. The Kier molecular flexibility index (Phi) is 8.50. The fourth-order valence-corrected chi connectivity index (χ4v) is 2.37. The SMILES string of the molecule is CNC(=O)COC(=O)[C@@H](CCSC)NC(=O)c1ccccc1Cl. The molecule has 0 aromatic heterocycles. The monoisotopic (exact) mass is 358 g/mol. The zero-order chi connectivity index (χ0) is 17.2. The third-order valence-electron chi connectivity index (χ3n) is 2.94. The van der Waals surface area contributed by atoms with Crippen LogP contribution >= 0.6 is 23.4 Å². The second-order valence-electron chi connectivity index (χ2n) is 4.57. The molecule has 0 spiro atoms. The molecule has 126 valence electrons. The van der Waals surface area contributed by atoms with Gasteiger partial charge < -0.3 is 15.4 Å². The number of esters is 1. The zero-order valence-corrected chi connectivity index (χ0v) is 14.5. The van der Waals surface area contributed by atoms with Crippen molar-refractivity contribution in [1.29, 1.82) is 0 Å². The number of hydrogen-bond donors (Lipinski definition) is 2. The molecule has 23 heavy (non-hydrogen) atoms. The molecule has 1 rings (SSSR count). The van der Waals surface area contributed by atoms with Crippen LogP contribution in [0.5, 0.6) is 0 Å². The molecule has 0 heterocycles. The molecule has 0 bridgehead atoms. The molecule has 2 amide bonds. The highest BCUT2D eigenvalue weighted by Gasteiger charge is 2.24. The summed E-state index contributed by atoms with van der Waals surface area (Å²) in [6.45, 7) is -0.382. The standard InChI is InChI=1S/C15H19ClN2O4S/c1-17-13(19)9-22-15(21)12(7-8-23-2)18-14(20)10-5-3-4-6-11(10)16/h3-6,12H,7-9H2,1-2H3,(H,17,19)(H,18,20)/t12-/m1/s1. The quantitative estimate of drug-likeness (QED) is 0.688. The summed E-state index contributed by atoms with van der Waals surface area (Å²) in [6, 6.07) is 5.72. The van der Waals surface area contributed by atoms with Gasteiger partial charge in [0.05, 0.1) is 10.6 Å². The molecule has 0 aliphatic carbocycles. The molecule has 0 fully saturated rings. The van der Waals surface area contributed by atoms with Crippen molar-refractivity contribution in [1.82, 2.24) is 10.6 Å². The van der Waals surface area contributed by atoms with Crippen molar-refractivity contribution in [2.75, 3.05) is 25.7 Å². The number of thioether (sulfide) groups is 1. The lowest BCUT2D eigenvalue weighted by atomic mass is 10.1. The first kappa shape index (κ1) is 19.3. The molecule has 2 N–H and O–H groups in total. The molecular weight excluding hydrogens is 340 g/mol. The average molecular weight is 359 g/mol. The summed E-state index contributed by atoms with van der Waals surface area (Å²) < 4.78 is 4.91. The Morgan fingerprint density at radius 2 is 2.00 bits per heavy atom. The van der Waals surface area contributed by atoms with Crippen LogP contribution in [0, 0.1) is 0 Å². The van der Waals surface area contributed by atoms with Crippen LogP contribution in [0.1, 0.15) is 16.8 Å². The first-order valence-electron chi connectivity index (χ1n) is 6.91. The number of likely N-dealkylation sites (N-methyl/N-ethyl adjacent to an activating group) is 1. The normalized spacial score (nSPS) is 11.4. The van der Waals surface area contributed by atoms with Crippen LogP contribution < -0.4 is 10.6 Å². The maximum absolute atomic E-state index is 12.2. The van der Waals surface area contributed by atoms with E-state index in [1.165, 1.54) is 18.8 Å². The van der Waals surface area contributed by atoms with Crippen LogP contribution in [0.4, 0.5) is 0 Å². The van der Waals surface area contributed by atoms with Crippen LogP contribution in [-0.2, 0) is 14.3 Å². The number of amides is 2. The fraction of sp³-hybridized carbons (Fsp3) is 0.400. The van der Waals surface area contributed by atoms with Gasteiger partial charge in [0.25, 0.3) is 11.8 Å². The predicted molar refractivity (Wildman–Crippen MR) is 90.7 cm³/mol. The Hall–Kier alpha value is -1.73. The third kappa shape index (κ3) is 6.50. The number of ether oxygens (including phenoxy) is 1. The first-order chi connectivity index (χ1) is 11.0. The minimum Gasteiger partial charge on any atom is -0.454 e. The minimum absolute atomic E-state index is 0.280. The summed E-state index contributed by atoms with van der Waals surface area (Å²) in [5, 5.41) is 5.26. The number of halogens is 1. The van der Waals surface area contributed by atoms with Gasteiger partial charge in [-0.3, -0.25) is 9.59 Å². The summed E-state index contributed by atoms with van der Waals surface area (Å²) in [5.41, 5.74) is 0.280. The lowest BCUT2D eigenvalue weighted by Crippen LogP contribution is -2.43. The number of nitrogens with one attached hydrogen (secondary N) is 2. The highest BCUT2D eigenvalue weighted by molar-refractivity contribution is 7.98. The molecule has 6 nitrogen and oxygen atoms in total. The van der Waals surface area contributed by atoms with Crippen LogP contribution in [-0.4, -0.2) is 49.5 Å². The second-order valence-corrected chi connectivity index (χ2v) is 5.96. The summed E-state index contributed by atoms with van der Waals surface area (Å²) in [6.07, 6.45) is 2.28. The second kappa shape index (κ2) is 10.1. The molecule has 8 heteroatoms. The van der Waals surface area contributed by atoms with Gasteiger partial charge in [-0.25, -0.2) is 4.79 Å². The average Bonchev–Trinajstić information content (AvgIpc) is 2.56. The largest absolute Gasteiger partial charge is 0.454 e. The van der Waals surface area contributed by atoms with Crippen LogP contribution in [0.25, 0.3) is 0 Å². The van der Waals surface area contributed by atoms with Crippen molar-refractivity contribution < 1.29 is 19.1 Å². The Labute approximate surface area is 144 Å². The molecule has 0 saturated heterocycles. The van der Waals surface area contributed by atoms with E-state index in [2.05, 4.69) is 10.6 Å². The smallest absolute Gasteiger partial charge is 0.329 e. The van der Waals surface area contributed by atoms with E-state index >= 15 is 0 Å². The van der Waals surface area contributed by atoms with Crippen molar-refractivity contribution in [2.45, 2.75) is 12.5 Å². The molecule has 0 unspecified atom stereocenters. The van der Waals surface area contributed by atoms with Gasteiger partial charge in [0.15, 0.2) is 6.61 Å². The van der Waals surface area contributed by atoms with Gasteiger partial charge in [-0.05, 0) is 30.6 Å². The van der Waals surface area contributed by atoms with Gasteiger partial charge >= 0.3 is 5.97 Å². The zero-order valence-electron chi connectivity index (χ0n) is 12.9. The van der Waals surface area contributed by atoms with E-state index in [9.17, 15) is 14.4 Å². The Morgan fingerprint density at radius 1 is 1.30 bits per heavy atom. The van der Waals surface area contributed by atoms with E-state index in [1.54, 1.807) is 24.3 Å². The molecule has 0 aliphatic rings. The molecule has 1 aromatic rings. The van der Waals surface area contributed by atoms with Crippen molar-refractivity contribution in [3.63, 3.8) is 0 Å². The van der Waals surface area contributed by atoms with E-state index in [-0.39, 0.29) is 12.2 Å². The van der Waals surface area contributed by atoms with Gasteiger partial charge in [0, 0.05) is 7.05 Å². The summed E-state index contributed by atoms with van der Waals surface area (Å²) in [4.78, 5) is 35.5. The molecule has 0 radical (unpaired) electrons.